The zero-order valence-electron chi connectivity index (χ0n) is 24.6. The number of hydrogen-bond acceptors (Lipinski definition) is 9. The van der Waals surface area contributed by atoms with Crippen molar-refractivity contribution in [2.24, 2.45) is 5.92 Å². The fourth-order valence-electron chi connectivity index (χ4n) is 5.71. The minimum atomic E-state index is -0.845. The van der Waals surface area contributed by atoms with Crippen molar-refractivity contribution in [3.63, 3.8) is 0 Å². The summed E-state index contributed by atoms with van der Waals surface area (Å²) in [6, 6.07) is 20.7. The molecular weight excluding hydrogens is 615 g/mol. The maximum Gasteiger partial charge on any atom is 0.338 e. The summed E-state index contributed by atoms with van der Waals surface area (Å²) in [7, 11) is 1.55. The number of carbonyl (C=O) groups excluding carboxylic acids is 4. The van der Waals surface area contributed by atoms with Crippen LogP contribution in [-0.2, 0) is 25.7 Å². The van der Waals surface area contributed by atoms with Gasteiger partial charge in [-0.25, -0.2) is 9.69 Å². The fourth-order valence-corrected chi connectivity index (χ4v) is 8.48. The topological polar surface area (TPSA) is 124 Å². The van der Waals surface area contributed by atoms with Gasteiger partial charge in [-0.3, -0.25) is 23.7 Å². The zero-order valence-corrected chi connectivity index (χ0v) is 26.3. The van der Waals surface area contributed by atoms with Crippen LogP contribution in [0.25, 0.3) is 0 Å². The molecule has 2 aliphatic heterocycles. The van der Waals surface area contributed by atoms with Gasteiger partial charge in [0.25, 0.3) is 0 Å². The predicted octanol–water partition coefficient (Wildman–Crippen LogP) is 4.84. The van der Waals surface area contributed by atoms with Crippen molar-refractivity contribution in [2.45, 2.75) is 36.6 Å². The number of fused-ring (bicyclic) bond motifs is 2. The lowest BCUT2D eigenvalue weighted by molar-refractivity contribution is -0.122. The van der Waals surface area contributed by atoms with E-state index in [0.29, 0.717) is 32.6 Å². The second kappa shape index (κ2) is 12.4. The molecule has 0 radical (unpaired) electrons. The third-order valence-electron chi connectivity index (χ3n) is 7.76. The maximum absolute atomic E-state index is 14.1. The van der Waals surface area contributed by atoms with Crippen LogP contribution in [0.15, 0.2) is 82.6 Å². The van der Waals surface area contributed by atoms with Gasteiger partial charge >= 0.3 is 10.8 Å². The van der Waals surface area contributed by atoms with Gasteiger partial charge in [-0.15, -0.1) is 0 Å². The first kappa shape index (κ1) is 30.4. The molecule has 1 N–H and O–H groups in total. The molecule has 10 nitrogen and oxygen atoms in total. The van der Waals surface area contributed by atoms with Gasteiger partial charge in [0, 0.05) is 16.5 Å². The second-order valence-electron chi connectivity index (χ2n) is 10.6. The van der Waals surface area contributed by atoms with E-state index in [0.717, 1.165) is 39.1 Å². The van der Waals surface area contributed by atoms with E-state index in [1.807, 2.05) is 37.3 Å². The maximum atomic E-state index is 14.1. The predicted molar refractivity (Wildman–Crippen MR) is 171 cm³/mol. The third-order valence-corrected chi connectivity index (χ3v) is 10.4. The second-order valence-corrected chi connectivity index (χ2v) is 12.8. The van der Waals surface area contributed by atoms with Gasteiger partial charge in [0.15, 0.2) is 0 Å². The summed E-state index contributed by atoms with van der Waals surface area (Å²) >= 11 is 2.12. The molecule has 0 spiro atoms. The number of amides is 3. The Hall–Kier alpha value is -4.68. The van der Waals surface area contributed by atoms with Crippen LogP contribution in [0.5, 0.6) is 5.75 Å². The number of benzene rings is 3. The highest BCUT2D eigenvalue weighted by Gasteiger charge is 2.56. The van der Waals surface area contributed by atoms with Crippen molar-refractivity contribution < 1.29 is 28.7 Å². The fraction of sp³-hybridized carbons (Fsp3) is 0.242. The van der Waals surface area contributed by atoms with Crippen molar-refractivity contribution in [1.29, 1.82) is 0 Å². The van der Waals surface area contributed by atoms with Crippen LogP contribution in [0.3, 0.4) is 0 Å². The molecule has 3 unspecified atom stereocenters. The van der Waals surface area contributed by atoms with Gasteiger partial charge in [0.1, 0.15) is 17.5 Å². The highest BCUT2D eigenvalue weighted by atomic mass is 32.2. The number of rotatable bonds is 8. The summed E-state index contributed by atoms with van der Waals surface area (Å²) in [6.07, 6.45) is 0. The number of aryl methyl sites for hydroxylation is 1. The number of imide groups is 1. The molecular formula is C33H29N3O7S2. The molecule has 3 atom stereocenters. The Bertz CT molecular complexity index is 1860. The molecule has 3 amide bonds. The molecule has 12 heteroatoms. The molecule has 4 aromatic rings. The monoisotopic (exact) mass is 643 g/mol. The van der Waals surface area contributed by atoms with Gasteiger partial charge in [-0.1, -0.05) is 47.4 Å². The number of carbonyl (C=O) groups is 4. The van der Waals surface area contributed by atoms with Gasteiger partial charge in [-0.2, -0.15) is 0 Å². The summed E-state index contributed by atoms with van der Waals surface area (Å²) < 4.78 is 11.8. The molecule has 1 aromatic heterocycles. The molecule has 0 aliphatic carbocycles. The smallest absolute Gasteiger partial charge is 0.338 e. The molecule has 0 bridgehead atoms. The van der Waals surface area contributed by atoms with Crippen LogP contribution in [0.2, 0.25) is 0 Å². The minimum absolute atomic E-state index is 0.222. The Morgan fingerprint density at radius 1 is 0.956 bits per heavy atom. The normalized spacial score (nSPS) is 18.7. The van der Waals surface area contributed by atoms with E-state index in [2.05, 4.69) is 5.32 Å². The van der Waals surface area contributed by atoms with E-state index in [9.17, 15) is 24.0 Å². The number of nitrogens with one attached hydrogen (secondary N) is 1. The summed E-state index contributed by atoms with van der Waals surface area (Å²) in [4.78, 5) is 68.2. The lowest BCUT2D eigenvalue weighted by Gasteiger charge is -2.30. The Kier molecular flexibility index (Phi) is 8.34. The Morgan fingerprint density at radius 3 is 2.36 bits per heavy atom. The van der Waals surface area contributed by atoms with Gasteiger partial charge in [0.2, 0.25) is 17.7 Å². The Balaban J connectivity index is 1.37. The molecule has 45 heavy (non-hydrogen) atoms. The van der Waals surface area contributed by atoms with Crippen molar-refractivity contribution in [1.82, 2.24) is 4.57 Å². The number of thioether (sulfide) groups is 1. The van der Waals surface area contributed by atoms with Gasteiger partial charge < -0.3 is 14.8 Å². The molecule has 2 aliphatic rings. The summed E-state index contributed by atoms with van der Waals surface area (Å²) in [6.45, 7) is 3.60. The molecule has 3 aromatic carbocycles. The van der Waals surface area contributed by atoms with Crippen LogP contribution in [0, 0.1) is 12.8 Å². The number of hydrogen-bond donors (Lipinski definition) is 1. The van der Waals surface area contributed by atoms with E-state index >= 15 is 0 Å². The highest BCUT2D eigenvalue weighted by Crippen LogP contribution is 2.54. The number of nitrogens with zero attached hydrogens (tertiary/aromatic N) is 2. The first-order chi connectivity index (χ1) is 21.7. The average Bonchev–Trinajstić information content (AvgIpc) is 3.47. The average molecular weight is 644 g/mol. The zero-order chi connectivity index (χ0) is 31.8. The largest absolute Gasteiger partial charge is 0.497 e. The molecule has 0 saturated carbocycles. The molecule has 1 saturated heterocycles. The third kappa shape index (κ3) is 5.67. The van der Waals surface area contributed by atoms with Crippen LogP contribution in [0.4, 0.5) is 11.4 Å². The van der Waals surface area contributed by atoms with Crippen LogP contribution in [0.1, 0.15) is 39.2 Å². The first-order valence-corrected chi connectivity index (χ1v) is 16.0. The molecule has 6 rings (SSSR count). The van der Waals surface area contributed by atoms with Crippen molar-refractivity contribution in [2.75, 3.05) is 23.9 Å². The number of esters is 1. The number of anilines is 2. The number of ether oxygens (including phenoxy) is 2. The van der Waals surface area contributed by atoms with Gasteiger partial charge in [0.05, 0.1) is 35.9 Å². The van der Waals surface area contributed by atoms with Crippen molar-refractivity contribution >= 4 is 58.2 Å². The number of thiazole rings is 1. The minimum Gasteiger partial charge on any atom is -0.497 e. The Morgan fingerprint density at radius 2 is 1.69 bits per heavy atom. The molecule has 1 fully saturated rings. The summed E-state index contributed by atoms with van der Waals surface area (Å²) in [5.74, 6) is -2.52. The van der Waals surface area contributed by atoms with E-state index in [1.54, 1.807) is 44.4 Å². The highest BCUT2D eigenvalue weighted by molar-refractivity contribution is 8.00. The lowest BCUT2D eigenvalue weighted by Crippen LogP contribution is -2.33. The van der Waals surface area contributed by atoms with Gasteiger partial charge in [-0.05, 0) is 73.5 Å². The quantitative estimate of drug-likeness (QED) is 0.214. The summed E-state index contributed by atoms with van der Waals surface area (Å²) in [5, 5.41) is 2.49. The van der Waals surface area contributed by atoms with Crippen molar-refractivity contribution in [3.05, 3.63) is 104 Å². The van der Waals surface area contributed by atoms with E-state index in [1.165, 1.54) is 16.7 Å². The van der Waals surface area contributed by atoms with Crippen LogP contribution < -0.4 is 19.8 Å². The van der Waals surface area contributed by atoms with Crippen LogP contribution in [-0.4, -0.2) is 47.2 Å². The van der Waals surface area contributed by atoms with E-state index in [-0.39, 0.29) is 23.9 Å². The molecule has 230 valence electrons. The number of aromatic nitrogens is 1. The lowest BCUT2D eigenvalue weighted by atomic mass is 9.83. The van der Waals surface area contributed by atoms with E-state index < -0.39 is 34.9 Å². The molecule has 3 heterocycles. The SMILES string of the molecule is CCOC(=O)c1ccc(N2C(=O)C3Sc4c(sc(=O)n4CC(=O)Nc4cccc(C)c4)C(c4ccc(OC)cc4)C3C2=O)cc1. The summed E-state index contributed by atoms with van der Waals surface area (Å²) in [5.41, 5.74) is 2.97. The number of methoxy groups -OCH3 is 1. The van der Waals surface area contributed by atoms with Crippen molar-refractivity contribution in [3.8, 4) is 5.75 Å². The van der Waals surface area contributed by atoms with Crippen LogP contribution >= 0.6 is 23.1 Å². The van der Waals surface area contributed by atoms with E-state index in [4.69, 9.17) is 9.47 Å². The standard InChI is InChI=1S/C33H29N3O7S2/c1-4-43-32(40)20-8-12-22(13-9-20)36-29(38)26-25(19-10-14-23(42-3)15-11-19)28-31(44-27(26)30(36)39)35(33(41)45-28)17-24(37)34-21-7-5-6-18(2)16-21/h5-16,25-27H,4,17H2,1-3H3,(H,34,37). The first-order valence-electron chi connectivity index (χ1n) is 14.3. The Labute approximate surface area is 267 Å².